The molecule has 0 aliphatic carbocycles. The summed E-state index contributed by atoms with van der Waals surface area (Å²) in [5, 5.41) is 3.00. The number of anilines is 4. The van der Waals surface area contributed by atoms with Crippen molar-refractivity contribution in [3.05, 3.63) is 54.5 Å². The number of nitrogens with zero attached hydrogens (tertiary/aromatic N) is 7. The molecule has 0 saturated heterocycles. The fraction of sp³-hybridized carbons (Fsp3) is 0.292. The SMILES string of the molecule is C=C1N(CC)C(=O)c2c(nc(CCNS(=O)(=O)c3ccc(Nc4nc(N)c5[nH]cnc5n4)cc3)n2C)N1CC. The molecule has 0 bridgehead atoms. The Bertz CT molecular complexity index is 1680. The van der Waals surface area contributed by atoms with Gasteiger partial charge in [0.15, 0.2) is 23.0 Å². The van der Waals surface area contributed by atoms with Crippen molar-refractivity contribution in [3.8, 4) is 0 Å². The molecule has 0 unspecified atom stereocenters. The number of carbonyl (C=O) groups is 1. The smallest absolute Gasteiger partial charge is 0.279 e. The number of sulfonamides is 1. The highest BCUT2D eigenvalue weighted by molar-refractivity contribution is 7.89. The fourth-order valence-electron chi connectivity index (χ4n) is 4.49. The van der Waals surface area contributed by atoms with E-state index in [0.717, 1.165) is 0 Å². The van der Waals surface area contributed by atoms with E-state index in [-0.39, 0.29) is 29.1 Å². The van der Waals surface area contributed by atoms with E-state index in [9.17, 15) is 13.2 Å². The predicted octanol–water partition coefficient (Wildman–Crippen LogP) is 1.71. The second kappa shape index (κ2) is 9.99. The van der Waals surface area contributed by atoms with E-state index < -0.39 is 10.0 Å². The normalized spacial score (nSPS) is 13.8. The third kappa shape index (κ3) is 4.66. The zero-order valence-electron chi connectivity index (χ0n) is 21.8. The number of hydrogen-bond donors (Lipinski definition) is 4. The molecule has 4 heterocycles. The molecule has 0 saturated carbocycles. The molecule has 39 heavy (non-hydrogen) atoms. The highest BCUT2D eigenvalue weighted by Gasteiger charge is 2.36. The van der Waals surface area contributed by atoms with Crippen LogP contribution in [0.3, 0.4) is 0 Å². The zero-order valence-corrected chi connectivity index (χ0v) is 22.6. The number of nitrogen functional groups attached to an aromatic ring is 1. The quantitative estimate of drug-likeness (QED) is 0.239. The number of aromatic nitrogens is 6. The molecule has 4 aromatic rings. The Morgan fingerprint density at radius 1 is 1.08 bits per heavy atom. The molecule has 0 fully saturated rings. The summed E-state index contributed by atoms with van der Waals surface area (Å²) in [6.45, 7) is 9.08. The van der Waals surface area contributed by atoms with Crippen LogP contribution in [0.25, 0.3) is 11.2 Å². The first-order valence-corrected chi connectivity index (χ1v) is 13.8. The van der Waals surface area contributed by atoms with E-state index in [2.05, 4.69) is 41.5 Å². The van der Waals surface area contributed by atoms with Crippen molar-refractivity contribution in [3.63, 3.8) is 0 Å². The first-order valence-electron chi connectivity index (χ1n) is 12.3. The molecule has 15 heteroatoms. The van der Waals surface area contributed by atoms with E-state index in [1.807, 2.05) is 18.7 Å². The lowest BCUT2D eigenvalue weighted by atomic mass is 10.2. The first-order chi connectivity index (χ1) is 18.6. The topological polar surface area (TPSA) is 180 Å². The first kappa shape index (κ1) is 26.1. The van der Waals surface area contributed by atoms with Crippen LogP contribution in [0.4, 0.5) is 23.3 Å². The van der Waals surface area contributed by atoms with Gasteiger partial charge in [-0.1, -0.05) is 6.58 Å². The number of amides is 1. The molecular formula is C24H29N11O3S. The van der Waals surface area contributed by atoms with Gasteiger partial charge >= 0.3 is 0 Å². The maximum Gasteiger partial charge on any atom is 0.279 e. The molecule has 5 rings (SSSR count). The highest BCUT2D eigenvalue weighted by atomic mass is 32.2. The van der Waals surface area contributed by atoms with Crippen LogP contribution >= 0.6 is 0 Å². The Morgan fingerprint density at radius 3 is 2.49 bits per heavy atom. The summed E-state index contributed by atoms with van der Waals surface area (Å²) in [5.74, 6) is 2.03. The van der Waals surface area contributed by atoms with Gasteiger partial charge in [-0.3, -0.25) is 9.69 Å². The Kier molecular flexibility index (Phi) is 6.69. The van der Waals surface area contributed by atoms with Crippen LogP contribution in [0, 0.1) is 0 Å². The molecule has 204 valence electrons. The van der Waals surface area contributed by atoms with Crippen molar-refractivity contribution in [2.45, 2.75) is 25.2 Å². The zero-order chi connectivity index (χ0) is 27.9. The predicted molar refractivity (Wildman–Crippen MR) is 147 cm³/mol. The van der Waals surface area contributed by atoms with Gasteiger partial charge in [0.05, 0.1) is 11.2 Å². The summed E-state index contributed by atoms with van der Waals surface area (Å²) < 4.78 is 30.2. The van der Waals surface area contributed by atoms with E-state index in [4.69, 9.17) is 5.73 Å². The lowest BCUT2D eigenvalue weighted by Crippen LogP contribution is -2.44. The Labute approximate surface area is 225 Å². The molecule has 3 aromatic heterocycles. The van der Waals surface area contributed by atoms with Gasteiger partial charge in [0.25, 0.3) is 5.91 Å². The van der Waals surface area contributed by atoms with E-state index in [1.54, 1.807) is 28.6 Å². The largest absolute Gasteiger partial charge is 0.382 e. The lowest BCUT2D eigenvalue weighted by molar-refractivity contribution is 0.0790. The number of benzene rings is 1. The molecule has 0 radical (unpaired) electrons. The Hall–Kier alpha value is -4.50. The van der Waals surface area contributed by atoms with Crippen molar-refractivity contribution < 1.29 is 13.2 Å². The summed E-state index contributed by atoms with van der Waals surface area (Å²) in [7, 11) is -2.03. The second-order valence-electron chi connectivity index (χ2n) is 8.80. The molecule has 0 atom stereocenters. The van der Waals surface area contributed by atoms with Gasteiger partial charge in [-0.25, -0.2) is 23.1 Å². The van der Waals surface area contributed by atoms with Crippen LogP contribution < -0.4 is 20.7 Å². The number of aromatic amines is 1. The summed E-state index contributed by atoms with van der Waals surface area (Å²) in [5.41, 5.74) is 7.92. The summed E-state index contributed by atoms with van der Waals surface area (Å²) in [6, 6.07) is 6.16. The van der Waals surface area contributed by atoms with E-state index >= 15 is 0 Å². The van der Waals surface area contributed by atoms with Crippen molar-refractivity contribution in [2.75, 3.05) is 35.6 Å². The van der Waals surface area contributed by atoms with E-state index in [1.165, 1.54) is 18.5 Å². The average molecular weight is 552 g/mol. The standard InChI is InChI=1S/C24H29N11O3S/c1-5-34-14(3)35(6-2)23(36)19-22(34)30-17(33(19)4)11-12-28-39(37,38)16-9-7-15(8-10-16)29-24-31-20(25)18-21(32-24)27-13-26-18/h7-10,13,28H,3,5-6,11-12H2,1-2,4H3,(H4,25,26,27,29,31,32). The average Bonchev–Trinajstić information content (AvgIpc) is 3.50. The van der Waals surface area contributed by atoms with Gasteiger partial charge < -0.3 is 25.5 Å². The van der Waals surface area contributed by atoms with Crippen LogP contribution in [0.15, 0.2) is 47.9 Å². The van der Waals surface area contributed by atoms with E-state index in [0.29, 0.717) is 59.5 Å². The van der Waals surface area contributed by atoms with Gasteiger partial charge in [0, 0.05) is 38.8 Å². The number of rotatable bonds is 9. The van der Waals surface area contributed by atoms with Crippen LogP contribution in [-0.2, 0) is 23.5 Å². The molecule has 1 aliphatic heterocycles. The van der Waals surface area contributed by atoms with Crippen LogP contribution in [-0.4, -0.2) is 68.3 Å². The number of hydrogen-bond acceptors (Lipinski definition) is 10. The lowest BCUT2D eigenvalue weighted by Gasteiger charge is -2.36. The van der Waals surface area contributed by atoms with Gasteiger partial charge in [-0.15, -0.1) is 0 Å². The molecule has 0 spiro atoms. The van der Waals surface area contributed by atoms with Gasteiger partial charge in [0.2, 0.25) is 16.0 Å². The van der Waals surface area contributed by atoms with Crippen molar-refractivity contribution >= 4 is 50.4 Å². The maximum absolute atomic E-state index is 13.0. The monoisotopic (exact) mass is 551 g/mol. The Balaban J connectivity index is 1.26. The second-order valence-corrected chi connectivity index (χ2v) is 10.6. The number of imidazole rings is 2. The minimum atomic E-state index is -3.79. The van der Waals surface area contributed by atoms with Crippen molar-refractivity contribution in [1.82, 2.24) is 39.1 Å². The summed E-state index contributed by atoms with van der Waals surface area (Å²) >= 11 is 0. The third-order valence-corrected chi connectivity index (χ3v) is 7.98. The minimum absolute atomic E-state index is 0.0950. The number of carbonyl (C=O) groups excluding carboxylic acids is 1. The van der Waals surface area contributed by atoms with Crippen LogP contribution in [0.1, 0.15) is 30.2 Å². The molecule has 14 nitrogen and oxygen atoms in total. The highest BCUT2D eigenvalue weighted by Crippen LogP contribution is 2.32. The number of fused-ring (bicyclic) bond motifs is 2. The number of nitrogens with two attached hydrogens (primary N) is 1. The third-order valence-electron chi connectivity index (χ3n) is 6.50. The van der Waals surface area contributed by atoms with Crippen molar-refractivity contribution in [2.24, 2.45) is 7.05 Å². The minimum Gasteiger partial charge on any atom is -0.382 e. The molecule has 1 aliphatic rings. The van der Waals surface area contributed by atoms with Gasteiger partial charge in [-0.2, -0.15) is 9.97 Å². The number of nitrogens with one attached hydrogen (secondary N) is 3. The van der Waals surface area contributed by atoms with Crippen LogP contribution in [0.2, 0.25) is 0 Å². The molecule has 1 amide bonds. The molecular weight excluding hydrogens is 522 g/mol. The summed E-state index contributed by atoms with van der Waals surface area (Å²) in [6.07, 6.45) is 1.77. The Morgan fingerprint density at radius 2 is 1.79 bits per heavy atom. The maximum atomic E-state index is 13.0. The van der Waals surface area contributed by atoms with Crippen molar-refractivity contribution in [1.29, 1.82) is 0 Å². The number of H-pyrrole nitrogens is 1. The fourth-order valence-corrected chi connectivity index (χ4v) is 5.52. The van der Waals surface area contributed by atoms with Gasteiger partial charge in [-0.05, 0) is 38.1 Å². The molecule has 1 aromatic carbocycles. The molecule has 5 N–H and O–H groups in total. The van der Waals surface area contributed by atoms with Gasteiger partial charge in [0.1, 0.15) is 17.2 Å². The van der Waals surface area contributed by atoms with Crippen LogP contribution in [0.5, 0.6) is 0 Å². The summed E-state index contributed by atoms with van der Waals surface area (Å²) in [4.78, 5) is 36.7.